The zero-order chi connectivity index (χ0) is 24.2. The van der Waals surface area contributed by atoms with Crippen LogP contribution in [-0.2, 0) is 9.59 Å². The lowest BCUT2D eigenvalue weighted by atomic mass is 10.1. The molecule has 0 aliphatic carbocycles. The Hall–Kier alpha value is -4.37. The molecule has 2 N–H and O–H groups in total. The van der Waals surface area contributed by atoms with Crippen LogP contribution in [-0.4, -0.2) is 36.3 Å². The lowest BCUT2D eigenvalue weighted by Crippen LogP contribution is -2.54. The monoisotopic (exact) mass is 476 g/mol. The molecule has 172 valence electrons. The lowest BCUT2D eigenvalue weighted by Gasteiger charge is -2.29. The van der Waals surface area contributed by atoms with Gasteiger partial charge in [0.25, 0.3) is 11.8 Å². The average Bonchev–Trinajstić information content (AvgIpc) is 2.84. The Morgan fingerprint density at radius 1 is 0.912 bits per heavy atom. The van der Waals surface area contributed by atoms with Gasteiger partial charge in [0.15, 0.2) is 16.6 Å². The van der Waals surface area contributed by atoms with E-state index in [0.29, 0.717) is 22.7 Å². The fraction of sp³-hybridized carbons (Fsp3) is 0.0800. The molecule has 0 unspecified atom stereocenters. The SMILES string of the molecule is COc1cc(/C=C2\C(=O)NC(=S)N(c3ccc(Oc4ccccc4)cc3)C2=O)cc(OC)c1O. The molecule has 0 radical (unpaired) electrons. The summed E-state index contributed by atoms with van der Waals surface area (Å²) >= 11 is 5.26. The molecule has 8 nitrogen and oxygen atoms in total. The van der Waals surface area contributed by atoms with Crippen molar-refractivity contribution in [1.29, 1.82) is 0 Å². The maximum atomic E-state index is 13.3. The Morgan fingerprint density at radius 3 is 2.09 bits per heavy atom. The maximum absolute atomic E-state index is 13.3. The summed E-state index contributed by atoms with van der Waals surface area (Å²) in [6.07, 6.45) is 1.38. The molecule has 1 heterocycles. The van der Waals surface area contributed by atoms with Crippen LogP contribution in [0, 0.1) is 0 Å². The number of carbonyl (C=O) groups is 2. The molecule has 3 aromatic rings. The van der Waals surface area contributed by atoms with Crippen LogP contribution in [0.4, 0.5) is 5.69 Å². The first kappa shape index (κ1) is 22.8. The number of aromatic hydroxyl groups is 1. The van der Waals surface area contributed by atoms with Gasteiger partial charge in [0.05, 0.1) is 19.9 Å². The fourth-order valence-electron chi connectivity index (χ4n) is 3.34. The summed E-state index contributed by atoms with van der Waals surface area (Å²) < 4.78 is 16.1. The molecule has 2 amide bonds. The smallest absolute Gasteiger partial charge is 0.270 e. The number of rotatable bonds is 6. The van der Waals surface area contributed by atoms with Crippen molar-refractivity contribution in [2.75, 3.05) is 19.1 Å². The van der Waals surface area contributed by atoms with E-state index >= 15 is 0 Å². The molecule has 0 bridgehead atoms. The zero-order valence-corrected chi connectivity index (χ0v) is 19.1. The Morgan fingerprint density at radius 2 is 1.50 bits per heavy atom. The highest BCUT2D eigenvalue weighted by Crippen LogP contribution is 2.38. The second-order valence-electron chi connectivity index (χ2n) is 7.14. The molecule has 1 aliphatic heterocycles. The number of ether oxygens (including phenoxy) is 3. The van der Waals surface area contributed by atoms with Crippen LogP contribution < -0.4 is 24.4 Å². The van der Waals surface area contributed by atoms with E-state index in [9.17, 15) is 14.7 Å². The summed E-state index contributed by atoms with van der Waals surface area (Å²) in [5.74, 6) is 0.0999. The van der Waals surface area contributed by atoms with Crippen LogP contribution in [0.2, 0.25) is 0 Å². The second kappa shape index (κ2) is 9.63. The van der Waals surface area contributed by atoms with Gasteiger partial charge in [-0.3, -0.25) is 19.8 Å². The number of benzene rings is 3. The molecule has 9 heteroatoms. The Labute approximate surface area is 201 Å². The van der Waals surface area contributed by atoms with Gasteiger partial charge in [0.1, 0.15) is 17.1 Å². The summed E-state index contributed by atoms with van der Waals surface area (Å²) in [5, 5.41) is 12.6. The molecule has 0 aromatic heterocycles. The van der Waals surface area contributed by atoms with Crippen LogP contribution in [0.15, 0.2) is 72.3 Å². The topological polar surface area (TPSA) is 97.3 Å². The average molecular weight is 477 g/mol. The largest absolute Gasteiger partial charge is 0.502 e. The summed E-state index contributed by atoms with van der Waals surface area (Å²) in [6, 6.07) is 19.0. The van der Waals surface area contributed by atoms with Crippen molar-refractivity contribution in [3.63, 3.8) is 0 Å². The van der Waals surface area contributed by atoms with E-state index in [1.54, 1.807) is 24.3 Å². The number of phenolic OH excluding ortho intramolecular Hbond substituents is 1. The van der Waals surface area contributed by atoms with E-state index in [2.05, 4.69) is 5.32 Å². The minimum Gasteiger partial charge on any atom is -0.502 e. The van der Waals surface area contributed by atoms with Crippen LogP contribution >= 0.6 is 12.2 Å². The fourth-order valence-corrected chi connectivity index (χ4v) is 3.62. The number of phenols is 1. The van der Waals surface area contributed by atoms with Crippen molar-refractivity contribution < 1.29 is 28.9 Å². The molecular weight excluding hydrogens is 456 g/mol. The summed E-state index contributed by atoms with van der Waals surface area (Å²) in [4.78, 5) is 27.1. The van der Waals surface area contributed by atoms with E-state index < -0.39 is 11.8 Å². The van der Waals surface area contributed by atoms with E-state index in [4.69, 9.17) is 26.4 Å². The van der Waals surface area contributed by atoms with Gasteiger partial charge in [-0.05, 0) is 72.4 Å². The normalized spacial score (nSPS) is 14.7. The van der Waals surface area contributed by atoms with Crippen molar-refractivity contribution in [3.05, 3.63) is 77.9 Å². The summed E-state index contributed by atoms with van der Waals surface area (Å²) in [5.41, 5.74) is 0.736. The van der Waals surface area contributed by atoms with E-state index in [1.165, 1.54) is 37.3 Å². The van der Waals surface area contributed by atoms with Gasteiger partial charge in [-0.25, -0.2) is 0 Å². The first-order chi connectivity index (χ1) is 16.4. The van der Waals surface area contributed by atoms with Crippen LogP contribution in [0.5, 0.6) is 28.7 Å². The molecule has 1 aliphatic rings. The van der Waals surface area contributed by atoms with Gasteiger partial charge >= 0.3 is 0 Å². The quantitative estimate of drug-likeness (QED) is 0.315. The predicted molar refractivity (Wildman–Crippen MR) is 130 cm³/mol. The first-order valence-electron chi connectivity index (χ1n) is 10.1. The molecular formula is C25H20N2O6S. The minimum absolute atomic E-state index is 0.0373. The molecule has 1 saturated heterocycles. The number of amides is 2. The molecule has 3 aromatic carbocycles. The molecule has 0 atom stereocenters. The number of hydrogen-bond acceptors (Lipinski definition) is 7. The predicted octanol–water partition coefficient (Wildman–Crippen LogP) is 4.03. The Balaban J connectivity index is 1.64. The van der Waals surface area contributed by atoms with Crippen LogP contribution in [0.25, 0.3) is 6.08 Å². The molecule has 0 spiro atoms. The maximum Gasteiger partial charge on any atom is 0.270 e. The van der Waals surface area contributed by atoms with Gasteiger partial charge in [-0.2, -0.15) is 0 Å². The standard InChI is InChI=1S/C25H20N2O6S/c1-31-20-13-15(14-21(32-2)22(20)28)12-19-23(29)26-25(34)27(24(19)30)16-8-10-18(11-9-16)33-17-6-4-3-5-7-17/h3-14,28H,1-2H3,(H,26,29,34)/b19-12+. The Kier molecular flexibility index (Phi) is 6.46. The lowest BCUT2D eigenvalue weighted by molar-refractivity contribution is -0.122. The number of nitrogens with zero attached hydrogens (tertiary/aromatic N) is 1. The molecule has 34 heavy (non-hydrogen) atoms. The number of hydrogen-bond donors (Lipinski definition) is 2. The number of carbonyl (C=O) groups excluding carboxylic acids is 2. The summed E-state index contributed by atoms with van der Waals surface area (Å²) in [6.45, 7) is 0. The van der Waals surface area contributed by atoms with Gasteiger partial charge in [-0.15, -0.1) is 0 Å². The van der Waals surface area contributed by atoms with E-state index in [1.807, 2.05) is 30.3 Å². The zero-order valence-electron chi connectivity index (χ0n) is 18.3. The third kappa shape index (κ3) is 4.55. The van der Waals surface area contributed by atoms with Gasteiger partial charge in [0, 0.05) is 0 Å². The highest BCUT2D eigenvalue weighted by atomic mass is 32.1. The van der Waals surface area contributed by atoms with Crippen molar-refractivity contribution in [2.45, 2.75) is 0 Å². The van der Waals surface area contributed by atoms with Crippen molar-refractivity contribution >= 4 is 40.9 Å². The van der Waals surface area contributed by atoms with Gasteiger partial charge in [0.2, 0.25) is 5.75 Å². The van der Waals surface area contributed by atoms with Crippen LogP contribution in [0.1, 0.15) is 5.56 Å². The van der Waals surface area contributed by atoms with E-state index in [-0.39, 0.29) is 27.9 Å². The minimum atomic E-state index is -0.638. The molecule has 1 fully saturated rings. The number of thiocarbonyl (C=S) groups is 1. The van der Waals surface area contributed by atoms with Gasteiger partial charge in [-0.1, -0.05) is 18.2 Å². The third-order valence-corrected chi connectivity index (χ3v) is 5.27. The second-order valence-corrected chi connectivity index (χ2v) is 7.53. The number of methoxy groups -OCH3 is 2. The Bertz CT molecular complexity index is 1260. The van der Waals surface area contributed by atoms with Crippen LogP contribution in [0.3, 0.4) is 0 Å². The first-order valence-corrected chi connectivity index (χ1v) is 10.5. The molecule has 0 saturated carbocycles. The van der Waals surface area contributed by atoms with Crippen molar-refractivity contribution in [2.24, 2.45) is 0 Å². The molecule has 4 rings (SSSR count). The van der Waals surface area contributed by atoms with Crippen molar-refractivity contribution in [1.82, 2.24) is 5.32 Å². The number of para-hydroxylation sites is 1. The summed E-state index contributed by atoms with van der Waals surface area (Å²) in [7, 11) is 2.77. The van der Waals surface area contributed by atoms with Crippen molar-refractivity contribution in [3.8, 4) is 28.7 Å². The number of nitrogens with one attached hydrogen (secondary N) is 1. The highest BCUT2D eigenvalue weighted by Gasteiger charge is 2.34. The highest BCUT2D eigenvalue weighted by molar-refractivity contribution is 7.80. The number of anilines is 1. The van der Waals surface area contributed by atoms with Gasteiger partial charge < -0.3 is 19.3 Å². The van der Waals surface area contributed by atoms with E-state index in [0.717, 1.165) is 0 Å². The third-order valence-electron chi connectivity index (χ3n) is 4.99.